The molecule has 0 aromatic carbocycles. The van der Waals surface area contributed by atoms with Crippen molar-refractivity contribution in [2.45, 2.75) is 36.9 Å². The molecular weight excluding hydrogens is 248 g/mol. The van der Waals surface area contributed by atoms with Crippen molar-refractivity contribution in [3.8, 4) is 0 Å². The molecule has 18 heavy (non-hydrogen) atoms. The van der Waals surface area contributed by atoms with Crippen LogP contribution in [-0.2, 0) is 7.05 Å². The topological polar surface area (TPSA) is 82.5 Å². The van der Waals surface area contributed by atoms with Crippen LogP contribution in [0, 0.1) is 6.92 Å². The zero-order chi connectivity index (χ0) is 13.3. The normalized spacial score (nSPS) is 11.2. The van der Waals surface area contributed by atoms with Crippen molar-refractivity contribution in [3.63, 3.8) is 0 Å². The summed E-state index contributed by atoms with van der Waals surface area (Å²) < 4.78 is 1.71. The van der Waals surface area contributed by atoms with Crippen molar-refractivity contribution >= 4 is 17.6 Å². The summed E-state index contributed by atoms with van der Waals surface area (Å²) in [6, 6.07) is 0. The van der Waals surface area contributed by atoms with Crippen molar-refractivity contribution in [2.24, 2.45) is 7.05 Å². The highest BCUT2D eigenvalue weighted by molar-refractivity contribution is 7.99. The van der Waals surface area contributed by atoms with E-state index in [0.29, 0.717) is 5.82 Å². The fourth-order valence-electron chi connectivity index (χ4n) is 1.35. The maximum Gasteiger partial charge on any atom is 0.192 e. The zero-order valence-corrected chi connectivity index (χ0v) is 11.7. The van der Waals surface area contributed by atoms with Gasteiger partial charge in [0, 0.05) is 18.5 Å². The smallest absolute Gasteiger partial charge is 0.192 e. The average Bonchev–Trinajstić information content (AvgIpc) is 2.70. The predicted molar refractivity (Wildman–Crippen MR) is 70.4 cm³/mol. The first-order chi connectivity index (χ1) is 8.49. The molecule has 0 bridgehead atoms. The molecule has 0 saturated heterocycles. The number of anilines is 1. The number of hydrogen-bond acceptors (Lipinski definition) is 6. The van der Waals surface area contributed by atoms with Gasteiger partial charge in [-0.25, -0.2) is 19.6 Å². The quantitative estimate of drug-likeness (QED) is 0.851. The molecule has 0 aliphatic rings. The Labute approximate surface area is 110 Å². The van der Waals surface area contributed by atoms with Crippen molar-refractivity contribution in [1.29, 1.82) is 0 Å². The third-order valence-electron chi connectivity index (χ3n) is 2.53. The van der Waals surface area contributed by atoms with E-state index < -0.39 is 0 Å². The fourth-order valence-corrected chi connectivity index (χ4v) is 2.20. The molecule has 2 aromatic rings. The molecule has 2 rings (SSSR count). The van der Waals surface area contributed by atoms with E-state index in [0.717, 1.165) is 21.6 Å². The molecule has 2 heterocycles. The van der Waals surface area contributed by atoms with Crippen LogP contribution in [0.3, 0.4) is 0 Å². The highest BCUT2D eigenvalue weighted by Crippen LogP contribution is 2.29. The molecule has 2 N–H and O–H groups in total. The molecule has 96 valence electrons. The number of rotatable bonds is 3. The van der Waals surface area contributed by atoms with Crippen LogP contribution < -0.4 is 5.73 Å². The molecule has 0 aliphatic carbocycles. The number of aryl methyl sites for hydroxylation is 1. The Morgan fingerprint density at radius 1 is 1.33 bits per heavy atom. The number of nitrogens with zero attached hydrogens (tertiary/aromatic N) is 5. The third kappa shape index (κ3) is 2.45. The lowest BCUT2D eigenvalue weighted by atomic mass is 10.2. The second-order valence-electron chi connectivity index (χ2n) is 4.32. The van der Waals surface area contributed by atoms with E-state index in [4.69, 9.17) is 5.73 Å². The molecule has 0 amide bonds. The lowest BCUT2D eigenvalue weighted by molar-refractivity contribution is 0.683. The molecule has 0 aliphatic heterocycles. The van der Waals surface area contributed by atoms with Crippen LogP contribution in [0.5, 0.6) is 0 Å². The predicted octanol–water partition coefficient (Wildman–Crippen LogP) is 1.77. The van der Waals surface area contributed by atoms with E-state index >= 15 is 0 Å². The van der Waals surface area contributed by atoms with Gasteiger partial charge in [-0.1, -0.05) is 13.8 Å². The second kappa shape index (κ2) is 4.93. The van der Waals surface area contributed by atoms with Crippen molar-refractivity contribution < 1.29 is 0 Å². The number of nitrogen functional groups attached to an aromatic ring is 1. The van der Waals surface area contributed by atoms with Gasteiger partial charge in [0.25, 0.3) is 0 Å². The minimum atomic E-state index is 0.242. The van der Waals surface area contributed by atoms with E-state index in [-0.39, 0.29) is 5.92 Å². The Morgan fingerprint density at radius 2 is 2.06 bits per heavy atom. The number of hydrogen-bond donors (Lipinski definition) is 1. The molecule has 7 heteroatoms. The van der Waals surface area contributed by atoms with Crippen LogP contribution in [0.4, 0.5) is 5.82 Å². The minimum Gasteiger partial charge on any atom is -0.383 e. The van der Waals surface area contributed by atoms with Crippen molar-refractivity contribution in [3.05, 3.63) is 17.7 Å². The summed E-state index contributed by atoms with van der Waals surface area (Å²) in [6.07, 6.45) is 1.52. The van der Waals surface area contributed by atoms with Gasteiger partial charge in [0.15, 0.2) is 5.16 Å². The number of nitrogens with two attached hydrogens (primary N) is 1. The van der Waals surface area contributed by atoms with Crippen LogP contribution in [0.2, 0.25) is 0 Å². The van der Waals surface area contributed by atoms with E-state index in [1.54, 1.807) is 4.68 Å². The Balaban J connectivity index is 2.41. The Hall–Kier alpha value is -1.63. The Morgan fingerprint density at radius 3 is 2.61 bits per heavy atom. The zero-order valence-electron chi connectivity index (χ0n) is 10.9. The van der Waals surface area contributed by atoms with E-state index in [1.807, 2.05) is 27.8 Å². The summed E-state index contributed by atoms with van der Waals surface area (Å²) in [5.41, 5.74) is 6.80. The van der Waals surface area contributed by atoms with E-state index in [1.165, 1.54) is 18.1 Å². The largest absolute Gasteiger partial charge is 0.383 e. The molecule has 0 spiro atoms. The van der Waals surface area contributed by atoms with E-state index in [9.17, 15) is 0 Å². The fraction of sp³-hybridized carbons (Fsp3) is 0.455. The van der Waals surface area contributed by atoms with Crippen LogP contribution in [0.25, 0.3) is 0 Å². The minimum absolute atomic E-state index is 0.242. The molecule has 0 radical (unpaired) electrons. The van der Waals surface area contributed by atoms with E-state index in [2.05, 4.69) is 20.1 Å². The average molecular weight is 264 g/mol. The van der Waals surface area contributed by atoms with Gasteiger partial charge < -0.3 is 5.73 Å². The first kappa shape index (κ1) is 12.8. The van der Waals surface area contributed by atoms with Crippen LogP contribution in [0.1, 0.15) is 31.2 Å². The summed E-state index contributed by atoms with van der Waals surface area (Å²) in [4.78, 5) is 13.0. The van der Waals surface area contributed by atoms with Gasteiger partial charge in [0.2, 0.25) is 0 Å². The molecule has 0 atom stereocenters. The van der Waals surface area contributed by atoms with Crippen LogP contribution in [0.15, 0.2) is 16.5 Å². The lowest BCUT2D eigenvalue weighted by Crippen LogP contribution is -2.06. The highest BCUT2D eigenvalue weighted by Gasteiger charge is 2.14. The number of aromatic nitrogens is 5. The van der Waals surface area contributed by atoms with Crippen molar-refractivity contribution in [1.82, 2.24) is 24.7 Å². The summed E-state index contributed by atoms with van der Waals surface area (Å²) in [5.74, 6) is 1.52. The van der Waals surface area contributed by atoms with Crippen molar-refractivity contribution in [2.75, 3.05) is 5.73 Å². The maximum absolute atomic E-state index is 5.92. The SMILES string of the molecule is Cc1c(N)nc(C(C)C)nc1Sc1ncnn1C. The molecule has 2 aromatic heterocycles. The molecule has 0 unspecified atom stereocenters. The molecule has 0 saturated carbocycles. The Bertz CT molecular complexity index is 563. The molecule has 0 fully saturated rings. The second-order valence-corrected chi connectivity index (χ2v) is 5.28. The lowest BCUT2D eigenvalue weighted by Gasteiger charge is -2.10. The summed E-state index contributed by atoms with van der Waals surface area (Å²) in [7, 11) is 1.85. The first-order valence-electron chi connectivity index (χ1n) is 5.65. The van der Waals surface area contributed by atoms with Gasteiger partial charge in [-0.15, -0.1) is 0 Å². The standard InChI is InChI=1S/C11H16N6S/c1-6(2)9-15-8(12)7(3)10(16-9)18-11-13-5-14-17(11)4/h5-6H,1-4H3,(H2,12,15,16). The van der Waals surface area contributed by atoms with Gasteiger partial charge in [-0.2, -0.15) is 5.10 Å². The molecule has 6 nitrogen and oxygen atoms in total. The Kier molecular flexibility index (Phi) is 3.51. The molecular formula is C11H16N6S. The van der Waals surface area contributed by atoms with Gasteiger partial charge >= 0.3 is 0 Å². The third-order valence-corrected chi connectivity index (χ3v) is 3.67. The summed E-state index contributed by atoms with van der Waals surface area (Å²) in [5, 5.41) is 5.65. The van der Waals surface area contributed by atoms with Gasteiger partial charge in [0.1, 0.15) is 23.0 Å². The summed E-state index contributed by atoms with van der Waals surface area (Å²) >= 11 is 1.45. The van der Waals surface area contributed by atoms with Gasteiger partial charge in [-0.05, 0) is 18.7 Å². The van der Waals surface area contributed by atoms with Crippen LogP contribution >= 0.6 is 11.8 Å². The maximum atomic E-state index is 5.92. The van der Waals surface area contributed by atoms with Gasteiger partial charge in [-0.3, -0.25) is 0 Å². The summed E-state index contributed by atoms with van der Waals surface area (Å²) in [6.45, 7) is 6.00. The first-order valence-corrected chi connectivity index (χ1v) is 6.46. The van der Waals surface area contributed by atoms with Crippen LogP contribution in [-0.4, -0.2) is 24.7 Å². The highest BCUT2D eigenvalue weighted by atomic mass is 32.2. The monoisotopic (exact) mass is 264 g/mol. The van der Waals surface area contributed by atoms with Gasteiger partial charge in [0.05, 0.1) is 0 Å².